The molecule has 2 heterocycles. The van der Waals surface area contributed by atoms with E-state index < -0.39 is 10.0 Å². The van der Waals surface area contributed by atoms with E-state index in [-0.39, 0.29) is 17.8 Å². The molecule has 4 nitrogen and oxygen atoms in total. The fraction of sp³-hybridized carbons (Fsp3) is 0.692. The van der Waals surface area contributed by atoms with Crippen molar-refractivity contribution in [2.24, 2.45) is 0 Å². The third-order valence-electron chi connectivity index (χ3n) is 3.34. The lowest BCUT2D eigenvalue weighted by Gasteiger charge is -2.24. The normalized spacial score (nSPS) is 22.3. The number of thiophene rings is 1. The Bertz CT molecular complexity index is 465. The van der Waals surface area contributed by atoms with Gasteiger partial charge in [0, 0.05) is 12.1 Å². The van der Waals surface area contributed by atoms with Gasteiger partial charge in [0.15, 0.2) is 0 Å². The van der Waals surface area contributed by atoms with Gasteiger partial charge in [-0.25, -0.2) is 13.1 Å². The first kappa shape index (κ1) is 15.0. The van der Waals surface area contributed by atoms with Crippen LogP contribution in [0.5, 0.6) is 0 Å². The molecule has 1 aromatic heterocycles. The van der Waals surface area contributed by atoms with Crippen molar-refractivity contribution in [1.29, 1.82) is 0 Å². The molecular weight excluding hydrogens is 280 g/mol. The minimum Gasteiger partial charge on any atom is -0.313 e. The Morgan fingerprint density at radius 1 is 1.53 bits per heavy atom. The molecule has 1 fully saturated rings. The Kier molecular flexibility index (Phi) is 5.38. The predicted octanol–water partition coefficient (Wildman–Crippen LogP) is 1.74. The molecule has 2 unspecified atom stereocenters. The van der Waals surface area contributed by atoms with Crippen molar-refractivity contribution in [3.05, 3.63) is 22.4 Å². The van der Waals surface area contributed by atoms with Gasteiger partial charge in [0.1, 0.15) is 0 Å². The molecular formula is C13H22N2O2S2. The zero-order valence-electron chi connectivity index (χ0n) is 11.3. The maximum atomic E-state index is 12.1. The van der Waals surface area contributed by atoms with E-state index in [1.807, 2.05) is 18.4 Å². The van der Waals surface area contributed by atoms with E-state index >= 15 is 0 Å². The number of hydrogen-bond donors (Lipinski definition) is 2. The van der Waals surface area contributed by atoms with E-state index in [0.717, 1.165) is 32.2 Å². The van der Waals surface area contributed by atoms with Crippen LogP contribution in [0.2, 0.25) is 0 Å². The number of rotatable bonds is 6. The van der Waals surface area contributed by atoms with E-state index in [9.17, 15) is 8.42 Å². The van der Waals surface area contributed by atoms with E-state index in [1.165, 1.54) is 5.56 Å². The van der Waals surface area contributed by atoms with Crippen molar-refractivity contribution in [2.45, 2.75) is 44.7 Å². The smallest absolute Gasteiger partial charge is 0.213 e. The van der Waals surface area contributed by atoms with Gasteiger partial charge in [-0.05, 0) is 55.1 Å². The lowest BCUT2D eigenvalue weighted by molar-refractivity contribution is 0.421. The van der Waals surface area contributed by atoms with Gasteiger partial charge in [0.05, 0.1) is 5.75 Å². The SMILES string of the molecule is CC(Cc1ccsc1)NS(=O)(=O)CC1CCCCN1. The van der Waals surface area contributed by atoms with Crippen LogP contribution in [0.4, 0.5) is 0 Å². The van der Waals surface area contributed by atoms with Crippen LogP contribution in [-0.2, 0) is 16.4 Å². The Hall–Kier alpha value is -0.430. The molecule has 1 aliphatic rings. The van der Waals surface area contributed by atoms with E-state index in [2.05, 4.69) is 15.4 Å². The zero-order valence-corrected chi connectivity index (χ0v) is 12.9. The average molecular weight is 302 g/mol. The van der Waals surface area contributed by atoms with E-state index in [0.29, 0.717) is 0 Å². The number of sulfonamides is 1. The summed E-state index contributed by atoms with van der Waals surface area (Å²) < 4.78 is 27.0. The summed E-state index contributed by atoms with van der Waals surface area (Å²) in [4.78, 5) is 0. The summed E-state index contributed by atoms with van der Waals surface area (Å²) in [6.45, 7) is 2.86. The summed E-state index contributed by atoms with van der Waals surface area (Å²) in [7, 11) is -3.19. The Morgan fingerprint density at radius 3 is 3.00 bits per heavy atom. The summed E-state index contributed by atoms with van der Waals surface area (Å²) in [6.07, 6.45) is 3.98. The molecule has 0 radical (unpaired) electrons. The van der Waals surface area contributed by atoms with Crippen LogP contribution in [0.1, 0.15) is 31.7 Å². The highest BCUT2D eigenvalue weighted by molar-refractivity contribution is 7.89. The lowest BCUT2D eigenvalue weighted by Crippen LogP contribution is -2.44. The first-order chi connectivity index (χ1) is 9.05. The second kappa shape index (κ2) is 6.83. The summed E-state index contributed by atoms with van der Waals surface area (Å²) in [6, 6.07) is 2.10. The molecule has 19 heavy (non-hydrogen) atoms. The second-order valence-electron chi connectivity index (χ2n) is 5.28. The van der Waals surface area contributed by atoms with Gasteiger partial charge in [-0.1, -0.05) is 6.42 Å². The Morgan fingerprint density at radius 2 is 2.37 bits per heavy atom. The molecule has 1 aromatic rings. The molecule has 2 rings (SSSR count). The molecule has 2 atom stereocenters. The van der Waals surface area contributed by atoms with Gasteiger partial charge in [-0.15, -0.1) is 0 Å². The molecule has 0 aromatic carbocycles. The van der Waals surface area contributed by atoms with Gasteiger partial charge in [-0.2, -0.15) is 11.3 Å². The van der Waals surface area contributed by atoms with E-state index in [1.54, 1.807) is 11.3 Å². The molecule has 108 valence electrons. The predicted molar refractivity (Wildman–Crippen MR) is 80.0 cm³/mol. The topological polar surface area (TPSA) is 58.2 Å². The first-order valence-electron chi connectivity index (χ1n) is 6.79. The highest BCUT2D eigenvalue weighted by Crippen LogP contribution is 2.11. The first-order valence-corrected chi connectivity index (χ1v) is 9.39. The number of piperidine rings is 1. The average Bonchev–Trinajstić information content (AvgIpc) is 2.81. The summed E-state index contributed by atoms with van der Waals surface area (Å²) in [5.41, 5.74) is 1.19. The fourth-order valence-electron chi connectivity index (χ4n) is 2.49. The highest BCUT2D eigenvalue weighted by Gasteiger charge is 2.22. The molecule has 2 N–H and O–H groups in total. The highest BCUT2D eigenvalue weighted by atomic mass is 32.2. The Labute approximate surface area is 119 Å². The van der Waals surface area contributed by atoms with Crippen molar-refractivity contribution in [3.63, 3.8) is 0 Å². The third-order valence-corrected chi connectivity index (χ3v) is 5.67. The molecule has 0 aliphatic carbocycles. The van der Waals surface area contributed by atoms with Crippen LogP contribution in [0.15, 0.2) is 16.8 Å². The van der Waals surface area contributed by atoms with Gasteiger partial charge < -0.3 is 5.32 Å². The molecule has 6 heteroatoms. The standard InChI is InChI=1S/C13H22N2O2S2/c1-11(8-12-5-7-18-9-12)15-19(16,17)10-13-4-2-3-6-14-13/h5,7,9,11,13-15H,2-4,6,8,10H2,1H3. The Balaban J connectivity index is 1.82. The number of nitrogens with one attached hydrogen (secondary N) is 2. The minimum absolute atomic E-state index is 0.0526. The molecule has 0 bridgehead atoms. The van der Waals surface area contributed by atoms with Crippen molar-refractivity contribution in [2.75, 3.05) is 12.3 Å². The summed E-state index contributed by atoms with van der Waals surface area (Å²) in [5, 5.41) is 7.36. The van der Waals surface area contributed by atoms with Gasteiger partial charge in [0.25, 0.3) is 0 Å². The van der Waals surface area contributed by atoms with Gasteiger partial charge in [-0.3, -0.25) is 0 Å². The number of hydrogen-bond acceptors (Lipinski definition) is 4. The van der Waals surface area contributed by atoms with Crippen LogP contribution in [0.25, 0.3) is 0 Å². The van der Waals surface area contributed by atoms with Crippen molar-refractivity contribution < 1.29 is 8.42 Å². The minimum atomic E-state index is -3.19. The molecule has 0 amide bonds. The van der Waals surface area contributed by atoms with Gasteiger partial charge in [0.2, 0.25) is 10.0 Å². The van der Waals surface area contributed by atoms with Crippen LogP contribution in [0.3, 0.4) is 0 Å². The summed E-state index contributed by atoms with van der Waals surface area (Å²) in [5.74, 6) is 0.195. The maximum absolute atomic E-state index is 12.1. The molecule has 0 saturated carbocycles. The zero-order chi connectivity index (χ0) is 13.7. The van der Waals surface area contributed by atoms with Gasteiger partial charge >= 0.3 is 0 Å². The summed E-state index contributed by atoms with van der Waals surface area (Å²) >= 11 is 1.64. The van der Waals surface area contributed by atoms with Crippen molar-refractivity contribution in [1.82, 2.24) is 10.0 Å². The van der Waals surface area contributed by atoms with Crippen LogP contribution >= 0.6 is 11.3 Å². The maximum Gasteiger partial charge on any atom is 0.213 e. The van der Waals surface area contributed by atoms with Crippen molar-refractivity contribution in [3.8, 4) is 0 Å². The van der Waals surface area contributed by atoms with Crippen LogP contribution in [0, 0.1) is 0 Å². The quantitative estimate of drug-likeness (QED) is 0.841. The molecule has 1 aliphatic heterocycles. The lowest BCUT2D eigenvalue weighted by atomic mass is 10.1. The monoisotopic (exact) mass is 302 g/mol. The van der Waals surface area contributed by atoms with Crippen LogP contribution in [-0.4, -0.2) is 32.8 Å². The second-order valence-corrected chi connectivity index (χ2v) is 7.86. The third kappa shape index (κ3) is 5.22. The molecule has 0 spiro atoms. The largest absolute Gasteiger partial charge is 0.313 e. The van der Waals surface area contributed by atoms with E-state index in [4.69, 9.17) is 0 Å². The molecule has 1 saturated heterocycles. The van der Waals surface area contributed by atoms with Crippen molar-refractivity contribution >= 4 is 21.4 Å². The van der Waals surface area contributed by atoms with Crippen LogP contribution < -0.4 is 10.0 Å². The fourth-order valence-corrected chi connectivity index (χ4v) is 4.78.